The standard InChI is InChI=1S/C15H12N2O.C7H15NO/c1-11-5-7-14(8-6-11)17-15(18)13-4-2-3-12(9-13)10-16;1-8(2)7-3-5-9-6-4-7/h2-9H,1H3,(H,17,18);7H,3-6H2,1-2H3/p+1. The number of hydrogen-bond acceptors (Lipinski definition) is 3. The number of quaternary nitrogens is 1. The lowest BCUT2D eigenvalue weighted by Gasteiger charge is -2.24. The summed E-state index contributed by atoms with van der Waals surface area (Å²) in [7, 11) is 4.44. The molecule has 5 nitrogen and oxygen atoms in total. The molecule has 0 aromatic heterocycles. The summed E-state index contributed by atoms with van der Waals surface area (Å²) in [5.41, 5.74) is 2.84. The number of aryl methyl sites for hydroxylation is 1. The number of benzene rings is 2. The number of amides is 1. The minimum Gasteiger partial charge on any atom is -0.381 e. The van der Waals surface area contributed by atoms with Gasteiger partial charge < -0.3 is 15.0 Å². The average molecular weight is 366 g/mol. The number of nitrogens with zero attached hydrogens (tertiary/aromatic N) is 1. The highest BCUT2D eigenvalue weighted by Crippen LogP contribution is 2.11. The molecule has 142 valence electrons. The van der Waals surface area contributed by atoms with E-state index in [0.717, 1.165) is 30.5 Å². The first kappa shape index (κ1) is 20.6. The van der Waals surface area contributed by atoms with Crippen molar-refractivity contribution in [1.29, 1.82) is 5.26 Å². The third-order valence-corrected chi connectivity index (χ3v) is 4.60. The third-order valence-electron chi connectivity index (χ3n) is 4.60. The quantitative estimate of drug-likeness (QED) is 0.877. The Morgan fingerprint density at radius 2 is 1.81 bits per heavy atom. The van der Waals surface area contributed by atoms with E-state index in [0.29, 0.717) is 11.1 Å². The molecular weight excluding hydrogens is 338 g/mol. The maximum absolute atomic E-state index is 11.9. The van der Waals surface area contributed by atoms with Crippen LogP contribution in [0.2, 0.25) is 0 Å². The van der Waals surface area contributed by atoms with Crippen molar-refractivity contribution in [1.82, 2.24) is 0 Å². The molecule has 1 heterocycles. The number of carbonyl (C=O) groups is 1. The first-order valence-electron chi connectivity index (χ1n) is 9.25. The zero-order valence-electron chi connectivity index (χ0n) is 16.3. The number of nitrogens with one attached hydrogen (secondary N) is 2. The van der Waals surface area contributed by atoms with E-state index in [-0.39, 0.29) is 5.91 Å². The molecule has 27 heavy (non-hydrogen) atoms. The second kappa shape index (κ2) is 10.5. The highest BCUT2D eigenvalue weighted by Gasteiger charge is 2.17. The van der Waals surface area contributed by atoms with Crippen LogP contribution < -0.4 is 10.2 Å². The lowest BCUT2D eigenvalue weighted by atomic mass is 10.1. The normalized spacial score (nSPS) is 14.0. The van der Waals surface area contributed by atoms with Crippen molar-refractivity contribution in [3.05, 3.63) is 65.2 Å². The highest BCUT2D eigenvalue weighted by atomic mass is 16.5. The van der Waals surface area contributed by atoms with Gasteiger partial charge >= 0.3 is 0 Å². The van der Waals surface area contributed by atoms with Gasteiger partial charge in [0.15, 0.2) is 0 Å². The number of rotatable bonds is 3. The molecule has 0 spiro atoms. The number of ether oxygens (including phenoxy) is 1. The van der Waals surface area contributed by atoms with Crippen LogP contribution in [0.25, 0.3) is 0 Å². The Bertz CT molecular complexity index is 773. The fourth-order valence-electron chi connectivity index (χ4n) is 2.85. The Morgan fingerprint density at radius 3 is 2.37 bits per heavy atom. The molecule has 0 saturated carbocycles. The fourth-order valence-corrected chi connectivity index (χ4v) is 2.85. The van der Waals surface area contributed by atoms with Crippen LogP contribution in [0, 0.1) is 18.3 Å². The van der Waals surface area contributed by atoms with Crippen LogP contribution >= 0.6 is 0 Å². The SMILES string of the molecule is C[NH+](C)C1CCOCC1.Cc1ccc(NC(=O)c2cccc(C#N)c2)cc1. The van der Waals surface area contributed by atoms with E-state index in [1.807, 2.05) is 37.3 Å². The van der Waals surface area contributed by atoms with Crippen LogP contribution in [0.4, 0.5) is 5.69 Å². The van der Waals surface area contributed by atoms with Crippen molar-refractivity contribution in [3.8, 4) is 6.07 Å². The second-order valence-corrected chi connectivity index (χ2v) is 6.98. The predicted octanol–water partition coefficient (Wildman–Crippen LogP) is 2.43. The number of nitriles is 1. The van der Waals surface area contributed by atoms with Gasteiger partial charge in [0.05, 0.1) is 45.0 Å². The largest absolute Gasteiger partial charge is 0.381 e. The summed E-state index contributed by atoms with van der Waals surface area (Å²) in [4.78, 5) is 13.5. The average Bonchev–Trinajstić information content (AvgIpc) is 2.71. The molecule has 2 aromatic carbocycles. The summed E-state index contributed by atoms with van der Waals surface area (Å²) in [6.07, 6.45) is 2.48. The van der Waals surface area contributed by atoms with Gasteiger partial charge in [-0.05, 0) is 37.3 Å². The van der Waals surface area contributed by atoms with Crippen molar-refractivity contribution < 1.29 is 14.4 Å². The number of carbonyl (C=O) groups excluding carboxylic acids is 1. The molecule has 0 atom stereocenters. The van der Waals surface area contributed by atoms with Crippen molar-refractivity contribution in [2.24, 2.45) is 0 Å². The molecule has 1 aliphatic rings. The molecule has 2 aromatic rings. The first-order valence-corrected chi connectivity index (χ1v) is 9.25. The topological polar surface area (TPSA) is 66.6 Å². The van der Waals surface area contributed by atoms with E-state index in [1.54, 1.807) is 29.2 Å². The predicted molar refractivity (Wildman–Crippen MR) is 107 cm³/mol. The van der Waals surface area contributed by atoms with Crippen molar-refractivity contribution >= 4 is 11.6 Å². The molecule has 1 amide bonds. The third kappa shape index (κ3) is 6.86. The maximum Gasteiger partial charge on any atom is 0.255 e. The van der Waals surface area contributed by atoms with E-state index in [9.17, 15) is 4.79 Å². The fraction of sp³-hybridized carbons (Fsp3) is 0.364. The van der Waals surface area contributed by atoms with Gasteiger partial charge in [0.25, 0.3) is 5.91 Å². The molecule has 2 N–H and O–H groups in total. The Kier molecular flexibility index (Phi) is 8.00. The summed E-state index contributed by atoms with van der Waals surface area (Å²) < 4.78 is 5.24. The zero-order valence-corrected chi connectivity index (χ0v) is 16.3. The van der Waals surface area contributed by atoms with Gasteiger partial charge in [-0.25, -0.2) is 0 Å². The number of hydrogen-bond donors (Lipinski definition) is 2. The lowest BCUT2D eigenvalue weighted by Crippen LogP contribution is -3.10. The molecule has 5 heteroatoms. The maximum atomic E-state index is 11.9. The summed E-state index contributed by atoms with van der Waals surface area (Å²) >= 11 is 0. The Hall–Kier alpha value is -2.68. The summed E-state index contributed by atoms with van der Waals surface area (Å²) in [6, 6.07) is 17.0. The van der Waals surface area contributed by atoms with Gasteiger partial charge in [0.2, 0.25) is 0 Å². The molecule has 1 aliphatic heterocycles. The Morgan fingerprint density at radius 1 is 1.15 bits per heavy atom. The van der Waals surface area contributed by atoms with Crippen LogP contribution in [-0.4, -0.2) is 39.3 Å². The van der Waals surface area contributed by atoms with E-state index >= 15 is 0 Å². The van der Waals surface area contributed by atoms with Crippen molar-refractivity contribution in [2.75, 3.05) is 32.6 Å². The molecular formula is C22H28N3O2+. The monoisotopic (exact) mass is 366 g/mol. The van der Waals surface area contributed by atoms with Crippen LogP contribution in [0.3, 0.4) is 0 Å². The molecule has 0 radical (unpaired) electrons. The Labute approximate surface area is 161 Å². The van der Waals surface area contributed by atoms with Gasteiger partial charge in [-0.3, -0.25) is 4.79 Å². The molecule has 0 unspecified atom stereocenters. The first-order chi connectivity index (χ1) is 13.0. The summed E-state index contributed by atoms with van der Waals surface area (Å²) in [6.45, 7) is 3.92. The molecule has 0 bridgehead atoms. The minimum atomic E-state index is -0.212. The van der Waals surface area contributed by atoms with Gasteiger partial charge in [-0.1, -0.05) is 23.8 Å². The second-order valence-electron chi connectivity index (χ2n) is 6.98. The summed E-state index contributed by atoms with van der Waals surface area (Å²) in [5.74, 6) is -0.212. The summed E-state index contributed by atoms with van der Waals surface area (Å²) in [5, 5.41) is 11.6. The minimum absolute atomic E-state index is 0.212. The zero-order chi connectivity index (χ0) is 19.6. The molecule has 0 aliphatic carbocycles. The van der Waals surface area contributed by atoms with Crippen molar-refractivity contribution in [3.63, 3.8) is 0 Å². The highest BCUT2D eigenvalue weighted by molar-refractivity contribution is 6.04. The van der Waals surface area contributed by atoms with Gasteiger partial charge in [-0.15, -0.1) is 0 Å². The smallest absolute Gasteiger partial charge is 0.255 e. The molecule has 1 saturated heterocycles. The molecule has 3 rings (SSSR count). The van der Waals surface area contributed by atoms with Crippen LogP contribution in [0.15, 0.2) is 48.5 Å². The van der Waals surface area contributed by atoms with E-state index in [4.69, 9.17) is 10.00 Å². The van der Waals surface area contributed by atoms with Crippen LogP contribution in [0.5, 0.6) is 0 Å². The van der Waals surface area contributed by atoms with Gasteiger partial charge in [-0.2, -0.15) is 5.26 Å². The van der Waals surface area contributed by atoms with E-state index in [2.05, 4.69) is 19.4 Å². The van der Waals surface area contributed by atoms with Gasteiger partial charge in [0, 0.05) is 24.1 Å². The van der Waals surface area contributed by atoms with E-state index < -0.39 is 0 Å². The Balaban J connectivity index is 0.000000244. The van der Waals surface area contributed by atoms with Crippen molar-refractivity contribution in [2.45, 2.75) is 25.8 Å². The van der Waals surface area contributed by atoms with Crippen LogP contribution in [0.1, 0.15) is 34.3 Å². The molecule has 1 fully saturated rings. The van der Waals surface area contributed by atoms with E-state index in [1.165, 1.54) is 12.8 Å². The van der Waals surface area contributed by atoms with Gasteiger partial charge in [0.1, 0.15) is 0 Å². The van der Waals surface area contributed by atoms with Crippen LogP contribution in [-0.2, 0) is 4.74 Å². The number of anilines is 1. The lowest BCUT2D eigenvalue weighted by molar-refractivity contribution is -0.887.